The van der Waals surface area contributed by atoms with Gasteiger partial charge in [-0.3, -0.25) is 13.9 Å². The van der Waals surface area contributed by atoms with Gasteiger partial charge in [0, 0.05) is 18.1 Å². The van der Waals surface area contributed by atoms with Gasteiger partial charge in [0.2, 0.25) is 11.8 Å². The third-order valence-electron chi connectivity index (χ3n) is 6.66. The standard InChI is InChI=1S/C30H36ClN3O4S/c1-5-18-32-30(36)24(4)33(19-17-25-9-7-6-8-10-25)29(35)21-34(27-14-11-22(2)23(3)20-27)39(37,38)28-15-12-26(31)13-16-28/h6-16,20,24H,5,17-19,21H2,1-4H3,(H,32,36)/t24-/m0/s1. The quantitative estimate of drug-likeness (QED) is 0.327. The maximum atomic E-state index is 13.9. The number of nitrogens with one attached hydrogen (secondary N) is 1. The van der Waals surface area contributed by atoms with E-state index in [9.17, 15) is 18.0 Å². The van der Waals surface area contributed by atoms with Crippen LogP contribution in [0.5, 0.6) is 0 Å². The summed E-state index contributed by atoms with van der Waals surface area (Å²) in [4.78, 5) is 28.2. The van der Waals surface area contributed by atoms with E-state index in [1.165, 1.54) is 29.2 Å². The molecule has 0 unspecified atom stereocenters. The van der Waals surface area contributed by atoms with Gasteiger partial charge in [0.15, 0.2) is 0 Å². The fraction of sp³-hybridized carbons (Fsp3) is 0.333. The molecule has 3 aromatic carbocycles. The maximum Gasteiger partial charge on any atom is 0.264 e. The van der Waals surface area contributed by atoms with E-state index in [1.807, 2.05) is 57.2 Å². The molecule has 0 fully saturated rings. The van der Waals surface area contributed by atoms with E-state index in [0.717, 1.165) is 27.4 Å². The molecule has 0 saturated carbocycles. The number of carbonyl (C=O) groups is 2. The first-order valence-electron chi connectivity index (χ1n) is 13.0. The zero-order chi connectivity index (χ0) is 28.6. The van der Waals surface area contributed by atoms with Crippen LogP contribution in [0.15, 0.2) is 77.7 Å². The highest BCUT2D eigenvalue weighted by atomic mass is 35.5. The van der Waals surface area contributed by atoms with Gasteiger partial charge in [-0.05, 0) is 86.7 Å². The summed E-state index contributed by atoms with van der Waals surface area (Å²) >= 11 is 6.00. The van der Waals surface area contributed by atoms with Crippen molar-refractivity contribution in [3.05, 3.63) is 94.5 Å². The summed E-state index contributed by atoms with van der Waals surface area (Å²) < 4.78 is 28.8. The lowest BCUT2D eigenvalue weighted by Gasteiger charge is -2.32. The second-order valence-electron chi connectivity index (χ2n) is 9.52. The summed E-state index contributed by atoms with van der Waals surface area (Å²) in [7, 11) is -4.13. The minimum atomic E-state index is -4.13. The van der Waals surface area contributed by atoms with Crippen LogP contribution in [0.1, 0.15) is 37.0 Å². The molecule has 0 aliphatic carbocycles. The third kappa shape index (κ3) is 7.83. The van der Waals surface area contributed by atoms with Gasteiger partial charge in [0.05, 0.1) is 10.6 Å². The number of anilines is 1. The maximum absolute atomic E-state index is 13.9. The lowest BCUT2D eigenvalue weighted by Crippen LogP contribution is -2.52. The molecule has 3 rings (SSSR count). The van der Waals surface area contributed by atoms with Crippen LogP contribution in [0.25, 0.3) is 0 Å². The highest BCUT2D eigenvalue weighted by Gasteiger charge is 2.32. The number of hydrogen-bond donors (Lipinski definition) is 1. The first-order valence-corrected chi connectivity index (χ1v) is 14.8. The highest BCUT2D eigenvalue weighted by molar-refractivity contribution is 7.92. The van der Waals surface area contributed by atoms with Crippen molar-refractivity contribution in [3.8, 4) is 0 Å². The Hall–Kier alpha value is -3.36. The zero-order valence-electron chi connectivity index (χ0n) is 22.9. The number of carbonyl (C=O) groups excluding carboxylic acids is 2. The van der Waals surface area contributed by atoms with Crippen molar-refractivity contribution in [3.63, 3.8) is 0 Å². The summed E-state index contributed by atoms with van der Waals surface area (Å²) in [5, 5.41) is 3.25. The van der Waals surface area contributed by atoms with Crippen molar-refractivity contribution in [1.82, 2.24) is 10.2 Å². The summed E-state index contributed by atoms with van der Waals surface area (Å²) in [6, 6.07) is 20.0. The summed E-state index contributed by atoms with van der Waals surface area (Å²) in [5.41, 5.74) is 3.27. The smallest absolute Gasteiger partial charge is 0.264 e. The molecule has 0 aromatic heterocycles. The van der Waals surface area contributed by atoms with Crippen molar-refractivity contribution in [1.29, 1.82) is 0 Å². The monoisotopic (exact) mass is 569 g/mol. The van der Waals surface area contributed by atoms with Crippen LogP contribution >= 0.6 is 11.6 Å². The van der Waals surface area contributed by atoms with Crippen molar-refractivity contribution in [2.45, 2.75) is 51.5 Å². The number of aryl methyl sites for hydroxylation is 2. The summed E-state index contributed by atoms with van der Waals surface area (Å²) in [6.07, 6.45) is 1.28. The first kappa shape index (κ1) is 30.2. The molecule has 0 saturated heterocycles. The van der Waals surface area contributed by atoms with Crippen molar-refractivity contribution in [2.75, 3.05) is 23.9 Å². The SMILES string of the molecule is CCCNC(=O)[C@H](C)N(CCc1ccccc1)C(=O)CN(c1ccc(C)c(C)c1)S(=O)(=O)c1ccc(Cl)cc1. The van der Waals surface area contributed by atoms with Crippen LogP contribution in [0, 0.1) is 13.8 Å². The predicted octanol–water partition coefficient (Wildman–Crippen LogP) is 5.14. The Labute approximate surface area is 236 Å². The molecule has 0 radical (unpaired) electrons. The summed E-state index contributed by atoms with van der Waals surface area (Å²) in [6.45, 7) is 7.72. The van der Waals surface area contributed by atoms with E-state index in [0.29, 0.717) is 23.7 Å². The number of rotatable bonds is 12. The molecule has 3 aromatic rings. The van der Waals surface area contributed by atoms with E-state index in [4.69, 9.17) is 11.6 Å². The Kier molecular flexibility index (Phi) is 10.5. The predicted molar refractivity (Wildman–Crippen MR) is 157 cm³/mol. The number of nitrogens with zero attached hydrogens (tertiary/aromatic N) is 2. The second kappa shape index (κ2) is 13.6. The van der Waals surface area contributed by atoms with Crippen LogP contribution in [0.3, 0.4) is 0 Å². The lowest BCUT2D eigenvalue weighted by molar-refractivity contribution is -0.138. The van der Waals surface area contributed by atoms with Gasteiger partial charge in [-0.25, -0.2) is 8.42 Å². The molecule has 0 aliphatic heterocycles. The van der Waals surface area contributed by atoms with Gasteiger partial charge in [-0.15, -0.1) is 0 Å². The van der Waals surface area contributed by atoms with Crippen LogP contribution in [0.2, 0.25) is 5.02 Å². The van der Waals surface area contributed by atoms with Gasteiger partial charge in [0.25, 0.3) is 10.0 Å². The molecular formula is C30H36ClN3O4S. The van der Waals surface area contributed by atoms with Crippen molar-refractivity contribution in [2.24, 2.45) is 0 Å². The average Bonchev–Trinajstić information content (AvgIpc) is 2.92. The fourth-order valence-electron chi connectivity index (χ4n) is 4.11. The molecule has 0 heterocycles. The Morgan fingerprint density at radius 3 is 2.23 bits per heavy atom. The van der Waals surface area contributed by atoms with Gasteiger partial charge < -0.3 is 10.2 Å². The molecular weight excluding hydrogens is 534 g/mol. The number of halogens is 1. The zero-order valence-corrected chi connectivity index (χ0v) is 24.4. The number of benzene rings is 3. The normalized spacial score (nSPS) is 12.0. The van der Waals surface area contributed by atoms with E-state index < -0.39 is 28.5 Å². The second-order valence-corrected chi connectivity index (χ2v) is 11.8. The van der Waals surface area contributed by atoms with E-state index in [1.54, 1.807) is 19.1 Å². The Morgan fingerprint density at radius 2 is 1.62 bits per heavy atom. The minimum Gasteiger partial charge on any atom is -0.354 e. The molecule has 7 nitrogen and oxygen atoms in total. The average molecular weight is 570 g/mol. The van der Waals surface area contributed by atoms with Crippen LogP contribution in [-0.4, -0.2) is 50.8 Å². The van der Waals surface area contributed by atoms with Gasteiger partial charge in [-0.2, -0.15) is 0 Å². The van der Waals surface area contributed by atoms with Crippen LogP contribution in [0.4, 0.5) is 5.69 Å². The number of amides is 2. The van der Waals surface area contributed by atoms with E-state index in [2.05, 4.69) is 5.32 Å². The molecule has 39 heavy (non-hydrogen) atoms. The fourth-order valence-corrected chi connectivity index (χ4v) is 5.64. The molecule has 2 amide bonds. The minimum absolute atomic E-state index is 0.0162. The molecule has 208 valence electrons. The molecule has 9 heteroatoms. The van der Waals surface area contributed by atoms with Crippen molar-refractivity contribution < 1.29 is 18.0 Å². The Balaban J connectivity index is 1.99. The third-order valence-corrected chi connectivity index (χ3v) is 8.70. The summed E-state index contributed by atoms with van der Waals surface area (Å²) in [5.74, 6) is -0.752. The number of hydrogen-bond acceptors (Lipinski definition) is 4. The van der Waals surface area contributed by atoms with Gasteiger partial charge >= 0.3 is 0 Å². The van der Waals surface area contributed by atoms with E-state index in [-0.39, 0.29) is 17.3 Å². The topological polar surface area (TPSA) is 86.8 Å². The molecule has 0 spiro atoms. The number of sulfonamides is 1. The van der Waals surface area contributed by atoms with Crippen LogP contribution in [-0.2, 0) is 26.0 Å². The molecule has 0 aliphatic rings. The van der Waals surface area contributed by atoms with E-state index >= 15 is 0 Å². The highest BCUT2D eigenvalue weighted by Crippen LogP contribution is 2.27. The largest absolute Gasteiger partial charge is 0.354 e. The van der Waals surface area contributed by atoms with Gasteiger partial charge in [-0.1, -0.05) is 54.9 Å². The molecule has 1 atom stereocenters. The Bertz CT molecular complexity index is 1380. The lowest BCUT2D eigenvalue weighted by atomic mass is 10.1. The van der Waals surface area contributed by atoms with Crippen LogP contribution < -0.4 is 9.62 Å². The van der Waals surface area contributed by atoms with Gasteiger partial charge in [0.1, 0.15) is 12.6 Å². The van der Waals surface area contributed by atoms with Crippen molar-refractivity contribution >= 4 is 39.1 Å². The first-order chi connectivity index (χ1) is 18.5. The molecule has 1 N–H and O–H groups in total. The molecule has 0 bridgehead atoms. The Morgan fingerprint density at radius 1 is 0.949 bits per heavy atom.